The van der Waals surface area contributed by atoms with Crippen LogP contribution in [0.1, 0.15) is 284 Å². The number of hydrogen-bond acceptors (Lipinski definition) is 6. The molecule has 0 saturated carbocycles. The number of nitrogens with zero attached hydrogens (tertiary/aromatic N) is 1. The van der Waals surface area contributed by atoms with Crippen molar-refractivity contribution in [3.8, 4) is 0 Å². The largest absolute Gasteiger partial charge is 0.472 e. The molecule has 3 unspecified atom stereocenters. The van der Waals surface area contributed by atoms with Gasteiger partial charge in [-0.05, 0) is 102 Å². The van der Waals surface area contributed by atoms with Gasteiger partial charge in [-0.3, -0.25) is 18.6 Å². The number of likely N-dealkylation sites (N-methyl/N-ethyl adjacent to an activating group) is 1. The average Bonchev–Trinajstić information content (AvgIpc) is 3.38. The predicted molar refractivity (Wildman–Crippen MR) is 328 cm³/mol. The first-order valence-corrected chi connectivity index (χ1v) is 33.3. The molecule has 0 aliphatic rings. The van der Waals surface area contributed by atoms with Crippen LogP contribution in [0.3, 0.4) is 0 Å². The van der Waals surface area contributed by atoms with Gasteiger partial charge in [-0.1, -0.05) is 242 Å². The molecular weight excluding hydrogens is 964 g/mol. The lowest BCUT2D eigenvalue weighted by molar-refractivity contribution is -0.870. The molecule has 3 atom stereocenters. The van der Waals surface area contributed by atoms with Gasteiger partial charge in [-0.2, -0.15) is 0 Å². The van der Waals surface area contributed by atoms with Gasteiger partial charge in [0.1, 0.15) is 19.3 Å². The zero-order valence-electron chi connectivity index (χ0n) is 50.5. The fraction of sp³-hybridized carbons (Fsp3) is 0.788. The number of rotatable bonds is 57. The highest BCUT2D eigenvalue weighted by molar-refractivity contribution is 7.47. The smallest absolute Gasteiger partial charge is 0.456 e. The summed E-state index contributed by atoms with van der Waals surface area (Å²) in [6, 6.07) is -0.862. The van der Waals surface area contributed by atoms with E-state index in [0.717, 1.165) is 96.3 Å². The molecule has 0 heterocycles. The lowest BCUT2D eigenvalue weighted by Crippen LogP contribution is -2.47. The van der Waals surface area contributed by atoms with Crippen LogP contribution >= 0.6 is 7.82 Å². The molecule has 0 aromatic heterocycles. The van der Waals surface area contributed by atoms with Crippen molar-refractivity contribution in [1.29, 1.82) is 0 Å². The summed E-state index contributed by atoms with van der Waals surface area (Å²) in [5, 5.41) is 3.05. The Morgan fingerprint density at radius 2 is 0.803 bits per heavy atom. The van der Waals surface area contributed by atoms with Crippen molar-refractivity contribution in [3.63, 3.8) is 0 Å². The Morgan fingerprint density at radius 1 is 0.461 bits per heavy atom. The molecule has 2 N–H and O–H groups in total. The Morgan fingerprint density at radius 3 is 1.25 bits per heavy atom. The Kier molecular flexibility index (Phi) is 53.9. The van der Waals surface area contributed by atoms with E-state index in [1.807, 2.05) is 33.3 Å². The van der Waals surface area contributed by atoms with E-state index < -0.39 is 20.0 Å². The Hall–Kier alpha value is -2.55. The van der Waals surface area contributed by atoms with E-state index in [1.54, 1.807) is 0 Å². The number of quaternary nitrogens is 1. The van der Waals surface area contributed by atoms with Crippen LogP contribution in [0.2, 0.25) is 0 Å². The minimum Gasteiger partial charge on any atom is -0.456 e. The summed E-state index contributed by atoms with van der Waals surface area (Å²) >= 11 is 0. The van der Waals surface area contributed by atoms with Gasteiger partial charge in [0.05, 0.1) is 33.8 Å². The Balaban J connectivity index is 5.26. The third kappa shape index (κ3) is 56.2. The molecule has 0 rings (SSSR count). The average molecular weight is 1090 g/mol. The fourth-order valence-corrected chi connectivity index (χ4v) is 9.65. The van der Waals surface area contributed by atoms with E-state index in [2.05, 4.69) is 86.8 Å². The number of allylic oxidation sites excluding steroid dienone is 11. The van der Waals surface area contributed by atoms with Gasteiger partial charge in [0.15, 0.2) is 0 Å². The number of unbranched alkanes of at least 4 members (excludes halogenated alkanes) is 31. The van der Waals surface area contributed by atoms with E-state index in [0.29, 0.717) is 23.9 Å². The van der Waals surface area contributed by atoms with Crippen molar-refractivity contribution in [3.05, 3.63) is 72.9 Å². The normalized spacial score (nSPS) is 14.1. The Bertz CT molecular complexity index is 1530. The van der Waals surface area contributed by atoms with Crippen LogP contribution in [-0.4, -0.2) is 74.3 Å². The number of hydrogen-bond donors (Lipinski definition) is 2. The molecule has 442 valence electrons. The van der Waals surface area contributed by atoms with E-state index in [9.17, 15) is 19.0 Å². The minimum atomic E-state index is -4.46. The lowest BCUT2D eigenvalue weighted by Gasteiger charge is -2.27. The van der Waals surface area contributed by atoms with E-state index in [1.165, 1.54) is 148 Å². The fourth-order valence-electron chi connectivity index (χ4n) is 8.92. The van der Waals surface area contributed by atoms with Gasteiger partial charge in [-0.25, -0.2) is 4.57 Å². The molecule has 0 aliphatic carbocycles. The van der Waals surface area contributed by atoms with Gasteiger partial charge in [-0.15, -0.1) is 0 Å². The summed E-state index contributed by atoms with van der Waals surface area (Å²) in [6.45, 7) is 6.97. The Labute approximate surface area is 470 Å². The van der Waals surface area contributed by atoms with Crippen LogP contribution in [0.25, 0.3) is 0 Å². The van der Waals surface area contributed by atoms with Crippen molar-refractivity contribution in [2.75, 3.05) is 40.9 Å². The monoisotopic (exact) mass is 1090 g/mol. The second-order valence-corrected chi connectivity index (χ2v) is 24.0. The van der Waals surface area contributed by atoms with Crippen LogP contribution in [0.4, 0.5) is 0 Å². The van der Waals surface area contributed by atoms with Crippen LogP contribution in [-0.2, 0) is 27.9 Å². The topological polar surface area (TPSA) is 111 Å². The predicted octanol–water partition coefficient (Wildman–Crippen LogP) is 19.6. The summed E-state index contributed by atoms with van der Waals surface area (Å²) in [5.41, 5.74) is 0. The molecular formula is C66H122N2O7P+. The minimum absolute atomic E-state index is 0.0337. The molecule has 76 heavy (non-hydrogen) atoms. The highest BCUT2D eigenvalue weighted by Gasteiger charge is 2.30. The summed E-state index contributed by atoms with van der Waals surface area (Å²) < 4.78 is 30.7. The third-order valence-corrected chi connectivity index (χ3v) is 14.9. The number of ether oxygens (including phenoxy) is 1. The first kappa shape index (κ1) is 73.5. The van der Waals surface area contributed by atoms with Crippen molar-refractivity contribution < 1.29 is 37.3 Å². The molecule has 0 radical (unpaired) electrons. The summed E-state index contributed by atoms with van der Waals surface area (Å²) in [4.78, 5) is 37.7. The number of carbonyl (C=O) groups is 2. The number of phosphoric acid groups is 1. The first-order chi connectivity index (χ1) is 36.9. The summed E-state index contributed by atoms with van der Waals surface area (Å²) in [7, 11) is 1.48. The zero-order valence-corrected chi connectivity index (χ0v) is 51.4. The van der Waals surface area contributed by atoms with Crippen molar-refractivity contribution >= 4 is 19.7 Å². The summed E-state index contributed by atoms with van der Waals surface area (Å²) in [6.07, 6.45) is 71.8. The second-order valence-electron chi connectivity index (χ2n) is 22.6. The van der Waals surface area contributed by atoms with Crippen LogP contribution in [0.15, 0.2) is 72.9 Å². The molecule has 0 spiro atoms. The molecule has 10 heteroatoms. The van der Waals surface area contributed by atoms with Crippen molar-refractivity contribution in [2.45, 2.75) is 296 Å². The van der Waals surface area contributed by atoms with Gasteiger partial charge in [0.25, 0.3) is 0 Å². The van der Waals surface area contributed by atoms with Gasteiger partial charge in [0.2, 0.25) is 5.91 Å². The van der Waals surface area contributed by atoms with Gasteiger partial charge >= 0.3 is 13.8 Å². The van der Waals surface area contributed by atoms with E-state index >= 15 is 0 Å². The summed E-state index contributed by atoms with van der Waals surface area (Å²) in [5.74, 6) is -0.533. The maximum atomic E-state index is 13.6. The third-order valence-electron chi connectivity index (χ3n) is 13.9. The number of phosphoric ester groups is 1. The van der Waals surface area contributed by atoms with Crippen LogP contribution < -0.4 is 5.32 Å². The number of amides is 1. The highest BCUT2D eigenvalue weighted by Crippen LogP contribution is 2.43. The maximum absolute atomic E-state index is 13.6. The van der Waals surface area contributed by atoms with E-state index in [-0.39, 0.29) is 31.5 Å². The standard InChI is InChI=1S/C66H121N2O7P/c1-7-10-13-16-19-22-25-28-30-31-32-33-34-35-36-37-38-40-43-46-49-52-55-58-65(69)67-63(62-74-76(71,72)73-61-60-68(4,5)6)64(57-54-51-48-45-42-39-27-24-21-18-15-12-9-3)75-66(70)59-56-53-50-47-44-41-29-26-23-20-17-14-11-8-2/h19,22,28,30,32-33,35-36,41,44,54,57,63-64H,7-18,20-21,23-27,29,31,34,37-40,42-43,45-53,55-56,58-62H2,1-6H3,(H-,67,69,71,72)/p+1/b22-19-,30-28-,33-32-,36-35-,44-41-,57-54-. The quantitative estimate of drug-likeness (QED) is 0.0205. The van der Waals surface area contributed by atoms with Crippen molar-refractivity contribution in [1.82, 2.24) is 5.32 Å². The number of nitrogens with one attached hydrogen (secondary N) is 1. The molecule has 0 fully saturated rings. The van der Waals surface area contributed by atoms with E-state index in [4.69, 9.17) is 13.8 Å². The molecule has 0 aromatic rings. The van der Waals surface area contributed by atoms with Crippen LogP contribution in [0, 0.1) is 0 Å². The SMILES string of the molecule is CCCCC/C=C\C/C=C\C/C=C\C/C=C\CCCCCCCCCC(=O)NC(COP(=O)(O)OCC[N+](C)(C)C)C(/C=C\CCCCCCCCCCCCC)OC(=O)CCCCC/C=C\CCCCCCCCC. The molecule has 9 nitrogen and oxygen atoms in total. The molecule has 0 saturated heterocycles. The highest BCUT2D eigenvalue weighted by atomic mass is 31.2. The molecule has 0 aliphatic heterocycles. The zero-order chi connectivity index (χ0) is 55.7. The van der Waals surface area contributed by atoms with Gasteiger partial charge in [0, 0.05) is 12.8 Å². The maximum Gasteiger partial charge on any atom is 0.472 e. The second kappa shape index (κ2) is 55.8. The number of carbonyl (C=O) groups excluding carboxylic acids is 2. The van der Waals surface area contributed by atoms with Crippen molar-refractivity contribution in [2.24, 2.45) is 0 Å². The number of esters is 1. The molecule has 1 amide bonds. The van der Waals surface area contributed by atoms with Crippen LogP contribution in [0.5, 0.6) is 0 Å². The first-order valence-electron chi connectivity index (χ1n) is 31.8. The molecule has 0 bridgehead atoms. The molecule has 0 aromatic carbocycles. The van der Waals surface area contributed by atoms with Gasteiger partial charge < -0.3 is 19.4 Å². The lowest BCUT2D eigenvalue weighted by atomic mass is 10.0.